The number of carbonyl (C=O) groups is 2. The number of hydrogen-bond acceptors (Lipinski definition) is 6. The summed E-state index contributed by atoms with van der Waals surface area (Å²) >= 11 is 0. The minimum atomic E-state index is -0.878. The number of aromatic amines is 2. The molecule has 4 aromatic carbocycles. The number of fused-ring (bicyclic) bond motifs is 4. The molecule has 0 spiro atoms. The molecule has 53 heavy (non-hydrogen) atoms. The number of aryl methyl sites for hydroxylation is 2. The van der Waals surface area contributed by atoms with Gasteiger partial charge in [-0.05, 0) is 84.4 Å². The summed E-state index contributed by atoms with van der Waals surface area (Å²) in [7, 11) is 3.43. The van der Waals surface area contributed by atoms with Crippen LogP contribution in [0.5, 0.6) is 0 Å². The van der Waals surface area contributed by atoms with E-state index in [1.807, 2.05) is 43.5 Å². The number of methoxy groups -OCH3 is 1. The van der Waals surface area contributed by atoms with Crippen LogP contribution in [0.2, 0.25) is 0 Å². The molecule has 0 fully saturated rings. The van der Waals surface area contributed by atoms with Gasteiger partial charge in [-0.25, -0.2) is 14.8 Å². The topological polar surface area (TPSA) is 119 Å². The molecule has 10 nitrogen and oxygen atoms in total. The molecule has 0 saturated carbocycles. The minimum absolute atomic E-state index is 0.229. The molecule has 0 saturated heterocycles. The summed E-state index contributed by atoms with van der Waals surface area (Å²) in [6.45, 7) is 6.89. The third kappa shape index (κ3) is 7.88. The summed E-state index contributed by atoms with van der Waals surface area (Å²) in [6, 6.07) is 28.2. The Morgan fingerprint density at radius 3 is 2.30 bits per heavy atom. The highest BCUT2D eigenvalue weighted by Gasteiger charge is 2.28. The van der Waals surface area contributed by atoms with E-state index in [1.165, 1.54) is 40.8 Å². The lowest BCUT2D eigenvalue weighted by Crippen LogP contribution is -2.43. The Balaban J connectivity index is 1.07. The highest BCUT2D eigenvalue weighted by molar-refractivity contribution is 5.91. The molecule has 0 aliphatic heterocycles. The zero-order chi connectivity index (χ0) is 36.9. The maximum atomic E-state index is 13.8. The van der Waals surface area contributed by atoms with Crippen LogP contribution in [0.1, 0.15) is 61.2 Å². The molecule has 1 aliphatic carbocycles. The second-order valence-corrected chi connectivity index (χ2v) is 13.9. The number of alkyl carbamates (subject to hydrolysis) is 1. The van der Waals surface area contributed by atoms with Crippen molar-refractivity contribution < 1.29 is 14.3 Å². The fraction of sp³-hybridized carbons (Fsp3) is 0.302. The van der Waals surface area contributed by atoms with Gasteiger partial charge in [-0.2, -0.15) is 0 Å². The van der Waals surface area contributed by atoms with E-state index in [0.29, 0.717) is 17.9 Å². The molecule has 272 valence electrons. The Kier molecular flexibility index (Phi) is 10.7. The fourth-order valence-corrected chi connectivity index (χ4v) is 7.33. The van der Waals surface area contributed by atoms with E-state index in [4.69, 9.17) is 9.72 Å². The van der Waals surface area contributed by atoms with Crippen molar-refractivity contribution >= 4 is 22.8 Å². The minimum Gasteiger partial charge on any atom is -0.453 e. The Morgan fingerprint density at radius 1 is 0.830 bits per heavy atom. The lowest BCUT2D eigenvalue weighted by atomic mass is 9.89. The molecule has 1 aliphatic rings. The monoisotopic (exact) mass is 709 g/mol. The Labute approximate surface area is 310 Å². The van der Waals surface area contributed by atoms with Crippen molar-refractivity contribution in [1.29, 1.82) is 0 Å². The molecular weight excluding hydrogens is 663 g/mol. The molecule has 10 heteroatoms. The van der Waals surface area contributed by atoms with Crippen LogP contribution in [0, 0.1) is 0 Å². The summed E-state index contributed by atoms with van der Waals surface area (Å²) < 4.78 is 4.82. The van der Waals surface area contributed by atoms with Crippen LogP contribution in [-0.4, -0.2) is 69.0 Å². The summed E-state index contributed by atoms with van der Waals surface area (Å²) in [5.74, 6) is 1.48. The van der Waals surface area contributed by atoms with E-state index in [1.54, 1.807) is 4.90 Å². The Bertz CT molecular complexity index is 2220. The highest BCUT2D eigenvalue weighted by Crippen LogP contribution is 2.36. The van der Waals surface area contributed by atoms with Gasteiger partial charge in [-0.1, -0.05) is 86.6 Å². The zero-order valence-electron chi connectivity index (χ0n) is 30.9. The third-order valence-electron chi connectivity index (χ3n) is 9.94. The molecule has 2 amide bonds. The number of amides is 2. The number of aromatic nitrogens is 4. The maximum absolute atomic E-state index is 13.8. The van der Waals surface area contributed by atoms with Gasteiger partial charge in [0, 0.05) is 17.7 Å². The van der Waals surface area contributed by atoms with Gasteiger partial charge >= 0.3 is 6.09 Å². The van der Waals surface area contributed by atoms with Gasteiger partial charge in [0.05, 0.1) is 43.5 Å². The first-order valence-corrected chi connectivity index (χ1v) is 18.5. The fourth-order valence-electron chi connectivity index (χ4n) is 7.33. The molecule has 2 aromatic heterocycles. The average molecular weight is 710 g/mol. The number of ether oxygens (including phenoxy) is 1. The standard InChI is InChI=1S/C43H47N7O3/c1-5-20-49(3)26-39-45-36-19-17-33-23-32(16-18-35(33)41(36)47-39)29-12-13-31-24-34(15-14-30(31)22-29)37-25-44-38(46-37)27-50(21-6-2)42(51)40(48-43(52)53-4)28-10-8-7-9-11-28/h7-16,18,22-25,40H,5-6,17,19-21,26-27H2,1-4H3,(H,44,46)(H,45,47)(H,48,52)/t40-/m1/s1. The number of hydrogen-bond donors (Lipinski definition) is 3. The molecule has 6 aromatic rings. The first-order chi connectivity index (χ1) is 25.8. The second-order valence-electron chi connectivity index (χ2n) is 13.9. The van der Waals surface area contributed by atoms with Crippen molar-refractivity contribution in [2.24, 2.45) is 0 Å². The van der Waals surface area contributed by atoms with Crippen LogP contribution in [0.4, 0.5) is 4.79 Å². The van der Waals surface area contributed by atoms with E-state index in [9.17, 15) is 9.59 Å². The van der Waals surface area contributed by atoms with E-state index in [0.717, 1.165) is 66.6 Å². The SMILES string of the molecule is CCCN(C)Cc1nc2c([nH]1)-c1ccc(-c3ccc4cc(-c5cnc(CN(CCC)C(=O)[C@H](NC(=O)OC)c6ccccc6)[nH]5)ccc4c3)cc1CC2. The van der Waals surface area contributed by atoms with E-state index in [-0.39, 0.29) is 12.5 Å². The van der Waals surface area contributed by atoms with Crippen LogP contribution >= 0.6 is 0 Å². The zero-order valence-corrected chi connectivity index (χ0v) is 30.9. The number of nitrogens with one attached hydrogen (secondary N) is 3. The summed E-state index contributed by atoms with van der Waals surface area (Å²) in [4.78, 5) is 46.7. The summed E-state index contributed by atoms with van der Waals surface area (Å²) in [5.41, 5.74) is 9.91. The average Bonchev–Trinajstić information content (AvgIpc) is 3.83. The summed E-state index contributed by atoms with van der Waals surface area (Å²) in [5, 5.41) is 5.00. The van der Waals surface area contributed by atoms with Gasteiger partial charge < -0.3 is 24.9 Å². The van der Waals surface area contributed by atoms with Crippen LogP contribution in [-0.2, 0) is 35.5 Å². The van der Waals surface area contributed by atoms with Crippen molar-refractivity contribution in [3.8, 4) is 33.6 Å². The van der Waals surface area contributed by atoms with Crippen molar-refractivity contribution in [2.45, 2.75) is 58.7 Å². The lowest BCUT2D eigenvalue weighted by molar-refractivity contribution is -0.134. The molecule has 3 N–H and O–H groups in total. The van der Waals surface area contributed by atoms with Crippen LogP contribution in [0.25, 0.3) is 44.4 Å². The second kappa shape index (κ2) is 15.9. The van der Waals surface area contributed by atoms with Crippen LogP contribution in [0.15, 0.2) is 91.1 Å². The summed E-state index contributed by atoms with van der Waals surface area (Å²) in [6.07, 6.45) is 4.96. The Hall–Kier alpha value is -5.74. The number of carbonyl (C=O) groups excluding carboxylic acids is 2. The highest BCUT2D eigenvalue weighted by atomic mass is 16.5. The van der Waals surface area contributed by atoms with Gasteiger partial charge in [0.15, 0.2) is 0 Å². The number of imidazole rings is 2. The number of H-pyrrole nitrogens is 2. The third-order valence-corrected chi connectivity index (χ3v) is 9.94. The van der Waals surface area contributed by atoms with Crippen molar-refractivity contribution in [2.75, 3.05) is 27.2 Å². The molecule has 0 radical (unpaired) electrons. The molecule has 1 atom stereocenters. The normalized spacial score (nSPS) is 12.7. The van der Waals surface area contributed by atoms with Gasteiger partial charge in [0.1, 0.15) is 17.7 Å². The van der Waals surface area contributed by atoms with Crippen molar-refractivity contribution in [1.82, 2.24) is 35.1 Å². The van der Waals surface area contributed by atoms with Gasteiger partial charge in [0.2, 0.25) is 5.91 Å². The first-order valence-electron chi connectivity index (χ1n) is 18.5. The molecule has 0 bridgehead atoms. The lowest BCUT2D eigenvalue weighted by Gasteiger charge is -2.27. The van der Waals surface area contributed by atoms with Crippen LogP contribution in [0.3, 0.4) is 0 Å². The maximum Gasteiger partial charge on any atom is 0.407 e. The van der Waals surface area contributed by atoms with Crippen molar-refractivity contribution in [3.05, 3.63) is 120 Å². The van der Waals surface area contributed by atoms with Crippen molar-refractivity contribution in [3.63, 3.8) is 0 Å². The molecule has 7 rings (SSSR count). The number of benzene rings is 4. The molecular formula is C43H47N7O3. The smallest absolute Gasteiger partial charge is 0.407 e. The van der Waals surface area contributed by atoms with Gasteiger partial charge in [-0.15, -0.1) is 0 Å². The van der Waals surface area contributed by atoms with Gasteiger partial charge in [0.25, 0.3) is 0 Å². The molecule has 2 heterocycles. The van der Waals surface area contributed by atoms with Gasteiger partial charge in [-0.3, -0.25) is 9.69 Å². The van der Waals surface area contributed by atoms with E-state index in [2.05, 4.69) is 93.7 Å². The largest absolute Gasteiger partial charge is 0.453 e. The molecule has 0 unspecified atom stereocenters. The Morgan fingerprint density at radius 2 is 1.55 bits per heavy atom. The predicted molar refractivity (Wildman–Crippen MR) is 209 cm³/mol. The number of rotatable bonds is 13. The number of nitrogens with zero attached hydrogens (tertiary/aromatic N) is 4. The van der Waals surface area contributed by atoms with E-state index < -0.39 is 12.1 Å². The predicted octanol–water partition coefficient (Wildman–Crippen LogP) is 8.06. The van der Waals surface area contributed by atoms with E-state index >= 15 is 0 Å². The van der Waals surface area contributed by atoms with Crippen LogP contribution < -0.4 is 5.32 Å². The quantitative estimate of drug-likeness (QED) is 0.112. The first kappa shape index (κ1) is 35.7.